The minimum atomic E-state index is -0.0523. The van der Waals surface area contributed by atoms with Crippen LogP contribution in [0.1, 0.15) is 52.9 Å². The molecule has 18 heavy (non-hydrogen) atoms. The summed E-state index contributed by atoms with van der Waals surface area (Å²) in [6, 6.07) is 0. The summed E-state index contributed by atoms with van der Waals surface area (Å²) in [4.78, 5) is 11.5. The SMILES string of the molecule is CCCCCC[N+](C)(C)CCOC(=O)C(C)CC. The molecule has 0 rings (SSSR count). The molecule has 0 bridgehead atoms. The van der Waals surface area contributed by atoms with Gasteiger partial charge in [-0.2, -0.15) is 0 Å². The van der Waals surface area contributed by atoms with Crippen LogP contribution in [0.15, 0.2) is 0 Å². The van der Waals surface area contributed by atoms with Gasteiger partial charge in [0.2, 0.25) is 0 Å². The van der Waals surface area contributed by atoms with Crippen LogP contribution in [0.2, 0.25) is 0 Å². The van der Waals surface area contributed by atoms with Crippen molar-refractivity contribution < 1.29 is 14.0 Å². The van der Waals surface area contributed by atoms with Crippen LogP contribution in [0.25, 0.3) is 0 Å². The van der Waals surface area contributed by atoms with Gasteiger partial charge in [-0.25, -0.2) is 0 Å². The minimum absolute atomic E-state index is 0.0326. The number of esters is 1. The highest BCUT2D eigenvalue weighted by atomic mass is 16.5. The highest BCUT2D eigenvalue weighted by Gasteiger charge is 2.17. The molecule has 0 heterocycles. The number of quaternary nitrogens is 1. The third kappa shape index (κ3) is 8.51. The first-order chi connectivity index (χ1) is 8.43. The summed E-state index contributed by atoms with van der Waals surface area (Å²) in [5.74, 6) is -0.0198. The maximum atomic E-state index is 11.5. The van der Waals surface area contributed by atoms with E-state index in [2.05, 4.69) is 21.0 Å². The summed E-state index contributed by atoms with van der Waals surface area (Å²) >= 11 is 0. The summed E-state index contributed by atoms with van der Waals surface area (Å²) in [7, 11) is 4.42. The Morgan fingerprint density at radius 1 is 1.11 bits per heavy atom. The zero-order valence-electron chi connectivity index (χ0n) is 13.0. The molecule has 0 aromatic rings. The Hall–Kier alpha value is -0.570. The molecule has 0 N–H and O–H groups in total. The molecule has 0 saturated heterocycles. The standard InChI is InChI=1S/C15H32NO2/c1-6-8-9-10-11-16(4,5)12-13-18-15(17)14(3)7-2/h14H,6-13H2,1-5H3/q+1. The van der Waals surface area contributed by atoms with Gasteiger partial charge in [-0.05, 0) is 19.3 Å². The van der Waals surface area contributed by atoms with E-state index in [1.165, 1.54) is 32.2 Å². The lowest BCUT2D eigenvalue weighted by Gasteiger charge is -2.29. The molecule has 0 aliphatic carbocycles. The van der Waals surface area contributed by atoms with Crippen LogP contribution in [-0.2, 0) is 9.53 Å². The molecule has 0 saturated carbocycles. The van der Waals surface area contributed by atoms with E-state index in [4.69, 9.17) is 4.74 Å². The summed E-state index contributed by atoms with van der Waals surface area (Å²) in [5, 5.41) is 0. The number of rotatable bonds is 10. The van der Waals surface area contributed by atoms with Gasteiger partial charge in [0.15, 0.2) is 0 Å². The van der Waals surface area contributed by atoms with Crippen molar-refractivity contribution in [2.24, 2.45) is 5.92 Å². The molecule has 0 aliphatic heterocycles. The second-order valence-electron chi connectivity index (χ2n) is 5.92. The van der Waals surface area contributed by atoms with Crippen LogP contribution in [0.4, 0.5) is 0 Å². The number of carbonyl (C=O) groups excluding carboxylic acids is 1. The quantitative estimate of drug-likeness (QED) is 0.342. The average Bonchev–Trinajstić information content (AvgIpc) is 2.33. The Morgan fingerprint density at radius 2 is 1.78 bits per heavy atom. The van der Waals surface area contributed by atoms with Crippen molar-refractivity contribution in [3.05, 3.63) is 0 Å². The summed E-state index contributed by atoms with van der Waals surface area (Å²) < 4.78 is 6.25. The van der Waals surface area contributed by atoms with Gasteiger partial charge in [0.05, 0.1) is 26.6 Å². The lowest BCUT2D eigenvalue weighted by Crippen LogP contribution is -2.43. The van der Waals surface area contributed by atoms with Gasteiger partial charge in [0.1, 0.15) is 13.2 Å². The van der Waals surface area contributed by atoms with Gasteiger partial charge < -0.3 is 9.22 Å². The van der Waals surface area contributed by atoms with E-state index in [9.17, 15) is 4.79 Å². The Bertz CT molecular complexity index is 227. The predicted molar refractivity (Wildman–Crippen MR) is 76.4 cm³/mol. The summed E-state index contributed by atoms with van der Waals surface area (Å²) in [5.41, 5.74) is 0. The smallest absolute Gasteiger partial charge is 0.308 e. The molecular formula is C15H32NO2+. The van der Waals surface area contributed by atoms with Crippen LogP contribution in [0.3, 0.4) is 0 Å². The molecule has 0 fully saturated rings. The Morgan fingerprint density at radius 3 is 2.33 bits per heavy atom. The second kappa shape index (κ2) is 9.37. The number of likely N-dealkylation sites (N-methyl/N-ethyl adjacent to an activating group) is 1. The summed E-state index contributed by atoms with van der Waals surface area (Å²) in [6.45, 7) is 8.79. The molecule has 1 atom stereocenters. The fourth-order valence-corrected chi connectivity index (χ4v) is 1.78. The molecule has 0 spiro atoms. The van der Waals surface area contributed by atoms with Gasteiger partial charge >= 0.3 is 5.97 Å². The Kier molecular flexibility index (Phi) is 9.08. The van der Waals surface area contributed by atoms with Crippen LogP contribution < -0.4 is 0 Å². The highest BCUT2D eigenvalue weighted by molar-refractivity contribution is 5.71. The van der Waals surface area contributed by atoms with E-state index in [1.54, 1.807) is 0 Å². The monoisotopic (exact) mass is 258 g/mol. The molecule has 0 radical (unpaired) electrons. The lowest BCUT2D eigenvalue weighted by atomic mass is 10.1. The highest BCUT2D eigenvalue weighted by Crippen LogP contribution is 2.07. The average molecular weight is 258 g/mol. The van der Waals surface area contributed by atoms with Crippen molar-refractivity contribution >= 4 is 5.97 Å². The molecule has 0 aromatic carbocycles. The molecular weight excluding hydrogens is 226 g/mol. The normalized spacial score (nSPS) is 13.4. The molecule has 3 nitrogen and oxygen atoms in total. The van der Waals surface area contributed by atoms with E-state index in [0.29, 0.717) is 6.61 Å². The number of unbranched alkanes of at least 4 members (excludes halogenated alkanes) is 3. The number of nitrogens with zero attached hydrogens (tertiary/aromatic N) is 1. The third-order valence-corrected chi connectivity index (χ3v) is 3.57. The predicted octanol–water partition coefficient (Wildman–Crippen LogP) is 3.23. The van der Waals surface area contributed by atoms with Gasteiger partial charge in [0, 0.05) is 0 Å². The second-order valence-corrected chi connectivity index (χ2v) is 5.92. The van der Waals surface area contributed by atoms with Gasteiger partial charge in [-0.3, -0.25) is 4.79 Å². The fraction of sp³-hybridized carbons (Fsp3) is 0.933. The maximum absolute atomic E-state index is 11.5. The van der Waals surface area contributed by atoms with Gasteiger partial charge in [-0.1, -0.05) is 33.6 Å². The molecule has 3 heteroatoms. The van der Waals surface area contributed by atoms with E-state index in [1.807, 2.05) is 13.8 Å². The first-order valence-electron chi connectivity index (χ1n) is 7.41. The van der Waals surface area contributed by atoms with Crippen LogP contribution in [0.5, 0.6) is 0 Å². The van der Waals surface area contributed by atoms with Gasteiger partial charge in [0.25, 0.3) is 0 Å². The third-order valence-electron chi connectivity index (χ3n) is 3.57. The van der Waals surface area contributed by atoms with Crippen molar-refractivity contribution in [3.8, 4) is 0 Å². The first kappa shape index (κ1) is 17.4. The van der Waals surface area contributed by atoms with Crippen molar-refractivity contribution in [1.29, 1.82) is 0 Å². The molecule has 108 valence electrons. The van der Waals surface area contributed by atoms with E-state index in [-0.39, 0.29) is 11.9 Å². The zero-order chi connectivity index (χ0) is 14.0. The van der Waals surface area contributed by atoms with Crippen molar-refractivity contribution in [1.82, 2.24) is 0 Å². The number of hydrogen-bond donors (Lipinski definition) is 0. The van der Waals surface area contributed by atoms with Crippen LogP contribution >= 0.6 is 0 Å². The first-order valence-corrected chi connectivity index (χ1v) is 7.41. The zero-order valence-corrected chi connectivity index (χ0v) is 13.0. The number of hydrogen-bond acceptors (Lipinski definition) is 2. The van der Waals surface area contributed by atoms with E-state index in [0.717, 1.165) is 17.4 Å². The maximum Gasteiger partial charge on any atom is 0.308 e. The van der Waals surface area contributed by atoms with Crippen molar-refractivity contribution in [2.75, 3.05) is 33.8 Å². The minimum Gasteiger partial charge on any atom is -0.459 e. The topological polar surface area (TPSA) is 26.3 Å². The largest absolute Gasteiger partial charge is 0.459 e. The molecule has 0 aromatic heterocycles. The lowest BCUT2D eigenvalue weighted by molar-refractivity contribution is -0.890. The number of carbonyl (C=O) groups is 1. The Labute approximate surface area is 113 Å². The van der Waals surface area contributed by atoms with Gasteiger partial charge in [-0.15, -0.1) is 0 Å². The van der Waals surface area contributed by atoms with Crippen LogP contribution in [-0.4, -0.2) is 44.2 Å². The van der Waals surface area contributed by atoms with Crippen molar-refractivity contribution in [2.45, 2.75) is 52.9 Å². The molecule has 0 amide bonds. The van der Waals surface area contributed by atoms with E-state index < -0.39 is 0 Å². The number of ether oxygens (including phenoxy) is 1. The Balaban J connectivity index is 3.72. The van der Waals surface area contributed by atoms with Crippen LogP contribution in [0, 0.1) is 5.92 Å². The van der Waals surface area contributed by atoms with E-state index >= 15 is 0 Å². The molecule has 1 unspecified atom stereocenters. The fourth-order valence-electron chi connectivity index (χ4n) is 1.78. The molecule has 0 aliphatic rings. The van der Waals surface area contributed by atoms with Crippen molar-refractivity contribution in [3.63, 3.8) is 0 Å². The summed E-state index contributed by atoms with van der Waals surface area (Å²) in [6.07, 6.45) is 6.03.